The molecule has 0 fully saturated rings. The van der Waals surface area contributed by atoms with E-state index in [0.29, 0.717) is 12.1 Å². The summed E-state index contributed by atoms with van der Waals surface area (Å²) in [7, 11) is 1.66. The zero-order chi connectivity index (χ0) is 15.5. The maximum atomic E-state index is 13.1. The maximum absolute atomic E-state index is 13.1. The predicted molar refractivity (Wildman–Crippen MR) is 73.5 cm³/mol. The Morgan fingerprint density at radius 3 is 2.62 bits per heavy atom. The van der Waals surface area contributed by atoms with Crippen molar-refractivity contribution in [2.75, 3.05) is 7.05 Å². The Bertz CT molecular complexity index is 632. The summed E-state index contributed by atoms with van der Waals surface area (Å²) in [5, 5.41) is 3.09. The van der Waals surface area contributed by atoms with Crippen molar-refractivity contribution in [2.45, 2.75) is 12.7 Å². The maximum Gasteiger partial charge on any atom is 0.419 e. The molecule has 2 aromatic rings. The minimum atomic E-state index is -4.51. The highest BCUT2D eigenvalue weighted by Gasteiger charge is 2.34. The van der Waals surface area contributed by atoms with Crippen LogP contribution in [0.4, 0.5) is 13.2 Å². The van der Waals surface area contributed by atoms with Gasteiger partial charge in [-0.15, -0.1) is 0 Å². The SMILES string of the molecule is CNCc1ccc(Oc2cncc(Cl)c2)c(C(F)(F)F)c1. The van der Waals surface area contributed by atoms with Gasteiger partial charge in [-0.2, -0.15) is 13.2 Å². The molecule has 1 aromatic carbocycles. The van der Waals surface area contributed by atoms with Crippen molar-refractivity contribution in [3.8, 4) is 11.5 Å². The van der Waals surface area contributed by atoms with Gasteiger partial charge in [-0.1, -0.05) is 17.7 Å². The van der Waals surface area contributed by atoms with Crippen LogP contribution >= 0.6 is 11.6 Å². The molecule has 0 amide bonds. The van der Waals surface area contributed by atoms with E-state index in [1.54, 1.807) is 13.1 Å². The zero-order valence-corrected chi connectivity index (χ0v) is 11.8. The minimum Gasteiger partial charge on any atom is -0.455 e. The lowest BCUT2D eigenvalue weighted by atomic mass is 10.1. The average Bonchev–Trinajstić information content (AvgIpc) is 2.39. The summed E-state index contributed by atoms with van der Waals surface area (Å²) in [6.45, 7) is 0.335. The monoisotopic (exact) mass is 316 g/mol. The van der Waals surface area contributed by atoms with Crippen LogP contribution in [0.3, 0.4) is 0 Å². The standard InChI is InChI=1S/C14H12ClF3N2O/c1-19-6-9-2-3-13(12(4-9)14(16,17)18)21-11-5-10(15)7-20-8-11/h2-5,7-8,19H,6H2,1H3. The van der Waals surface area contributed by atoms with Crippen LogP contribution in [0.5, 0.6) is 11.5 Å². The lowest BCUT2D eigenvalue weighted by Gasteiger charge is -2.15. The van der Waals surface area contributed by atoms with E-state index in [1.807, 2.05) is 0 Å². The molecular formula is C14H12ClF3N2O. The average molecular weight is 317 g/mol. The number of hydrogen-bond donors (Lipinski definition) is 1. The van der Waals surface area contributed by atoms with Gasteiger partial charge < -0.3 is 10.1 Å². The van der Waals surface area contributed by atoms with Crippen molar-refractivity contribution < 1.29 is 17.9 Å². The van der Waals surface area contributed by atoms with E-state index in [4.69, 9.17) is 16.3 Å². The van der Waals surface area contributed by atoms with Gasteiger partial charge in [-0.3, -0.25) is 4.98 Å². The second-order valence-corrected chi connectivity index (χ2v) is 4.74. The summed E-state index contributed by atoms with van der Waals surface area (Å²) in [4.78, 5) is 3.77. The summed E-state index contributed by atoms with van der Waals surface area (Å²) >= 11 is 5.73. The number of nitrogens with one attached hydrogen (secondary N) is 1. The van der Waals surface area contributed by atoms with Gasteiger partial charge in [0.2, 0.25) is 0 Å². The van der Waals surface area contributed by atoms with Crippen molar-refractivity contribution in [1.29, 1.82) is 0 Å². The van der Waals surface area contributed by atoms with E-state index >= 15 is 0 Å². The predicted octanol–water partition coefficient (Wildman–Crippen LogP) is 4.27. The summed E-state index contributed by atoms with van der Waals surface area (Å²) in [5.41, 5.74) is -0.323. The molecule has 1 aromatic heterocycles. The highest BCUT2D eigenvalue weighted by molar-refractivity contribution is 6.30. The number of hydrogen-bond acceptors (Lipinski definition) is 3. The van der Waals surface area contributed by atoms with Crippen molar-refractivity contribution in [3.05, 3.63) is 52.8 Å². The number of rotatable bonds is 4. The Kier molecular flexibility index (Phi) is 4.69. The molecule has 0 atom stereocenters. The normalized spacial score (nSPS) is 11.5. The van der Waals surface area contributed by atoms with E-state index < -0.39 is 11.7 Å². The van der Waals surface area contributed by atoms with E-state index in [1.165, 1.54) is 24.5 Å². The van der Waals surface area contributed by atoms with E-state index in [-0.39, 0.29) is 16.5 Å². The first-order valence-corrected chi connectivity index (χ1v) is 6.41. The molecule has 7 heteroatoms. The van der Waals surface area contributed by atoms with Crippen molar-refractivity contribution in [2.24, 2.45) is 0 Å². The molecule has 1 heterocycles. The molecule has 0 spiro atoms. The second-order valence-electron chi connectivity index (χ2n) is 4.30. The molecule has 0 radical (unpaired) electrons. The highest BCUT2D eigenvalue weighted by Crippen LogP contribution is 2.38. The lowest BCUT2D eigenvalue weighted by Crippen LogP contribution is -2.10. The molecule has 0 aliphatic heterocycles. The summed E-state index contributed by atoms with van der Waals surface area (Å²) in [6.07, 6.45) is -1.84. The van der Waals surface area contributed by atoms with E-state index in [0.717, 1.165) is 6.07 Å². The van der Waals surface area contributed by atoms with Crippen LogP contribution in [-0.2, 0) is 12.7 Å². The van der Waals surface area contributed by atoms with Crippen LogP contribution in [0.2, 0.25) is 5.02 Å². The van der Waals surface area contributed by atoms with E-state index in [9.17, 15) is 13.2 Å². The van der Waals surface area contributed by atoms with Gasteiger partial charge in [0.1, 0.15) is 11.5 Å². The van der Waals surface area contributed by atoms with Gasteiger partial charge in [0.25, 0.3) is 0 Å². The van der Waals surface area contributed by atoms with Gasteiger partial charge in [0.05, 0.1) is 16.8 Å². The third-order valence-corrected chi connectivity index (χ3v) is 2.84. The Labute approximate surface area is 124 Å². The number of benzene rings is 1. The first kappa shape index (κ1) is 15.6. The minimum absolute atomic E-state index is 0.148. The van der Waals surface area contributed by atoms with Gasteiger partial charge >= 0.3 is 6.18 Å². The molecule has 3 nitrogen and oxygen atoms in total. The number of nitrogens with zero attached hydrogens (tertiary/aromatic N) is 1. The van der Waals surface area contributed by atoms with Crippen LogP contribution in [0, 0.1) is 0 Å². The molecular weight excluding hydrogens is 305 g/mol. The fourth-order valence-corrected chi connectivity index (χ4v) is 1.94. The Balaban J connectivity index is 2.38. The van der Waals surface area contributed by atoms with Crippen LogP contribution in [-0.4, -0.2) is 12.0 Å². The topological polar surface area (TPSA) is 34.1 Å². The third kappa shape index (κ3) is 4.09. The van der Waals surface area contributed by atoms with Gasteiger partial charge in [-0.25, -0.2) is 0 Å². The van der Waals surface area contributed by atoms with Crippen LogP contribution in [0.1, 0.15) is 11.1 Å². The number of alkyl halides is 3. The summed E-state index contributed by atoms with van der Waals surface area (Å²) in [6, 6.07) is 5.31. The zero-order valence-electron chi connectivity index (χ0n) is 11.0. The number of aromatic nitrogens is 1. The van der Waals surface area contributed by atoms with Crippen molar-refractivity contribution in [1.82, 2.24) is 10.3 Å². The largest absolute Gasteiger partial charge is 0.455 e. The van der Waals surface area contributed by atoms with Gasteiger partial charge in [-0.05, 0) is 24.7 Å². The van der Waals surface area contributed by atoms with Gasteiger partial charge in [0.15, 0.2) is 0 Å². The molecule has 21 heavy (non-hydrogen) atoms. The van der Waals surface area contributed by atoms with Crippen LogP contribution in [0.25, 0.3) is 0 Å². The molecule has 2 rings (SSSR count). The molecule has 0 aliphatic rings. The quantitative estimate of drug-likeness (QED) is 0.915. The number of halogens is 4. The molecule has 0 unspecified atom stereocenters. The van der Waals surface area contributed by atoms with Gasteiger partial charge in [0, 0.05) is 18.8 Å². The third-order valence-electron chi connectivity index (χ3n) is 2.64. The van der Waals surface area contributed by atoms with Crippen molar-refractivity contribution >= 4 is 11.6 Å². The molecule has 0 saturated heterocycles. The first-order valence-electron chi connectivity index (χ1n) is 6.03. The highest BCUT2D eigenvalue weighted by atomic mass is 35.5. The van der Waals surface area contributed by atoms with Crippen molar-refractivity contribution in [3.63, 3.8) is 0 Å². The second kappa shape index (κ2) is 6.32. The Morgan fingerprint density at radius 2 is 2.00 bits per heavy atom. The summed E-state index contributed by atoms with van der Waals surface area (Å²) in [5.74, 6) is -0.138. The number of ether oxygens (including phenoxy) is 1. The fourth-order valence-electron chi connectivity index (χ4n) is 1.78. The van der Waals surface area contributed by atoms with E-state index in [2.05, 4.69) is 10.3 Å². The lowest BCUT2D eigenvalue weighted by molar-refractivity contribution is -0.138. The summed E-state index contributed by atoms with van der Waals surface area (Å²) < 4.78 is 44.6. The molecule has 112 valence electrons. The molecule has 1 N–H and O–H groups in total. The molecule has 0 aliphatic carbocycles. The Hall–Kier alpha value is -1.79. The fraction of sp³-hybridized carbons (Fsp3) is 0.214. The smallest absolute Gasteiger partial charge is 0.419 e. The molecule has 0 bridgehead atoms. The molecule has 0 saturated carbocycles. The van der Waals surface area contributed by atoms with Crippen LogP contribution < -0.4 is 10.1 Å². The van der Waals surface area contributed by atoms with Crippen LogP contribution in [0.15, 0.2) is 36.7 Å². The first-order chi connectivity index (χ1) is 9.90. The Morgan fingerprint density at radius 1 is 1.24 bits per heavy atom. The number of pyridine rings is 1.